The Bertz CT molecular complexity index is 1620. The number of aromatic nitrogens is 2. The molecule has 3 fully saturated rings. The standard InChI is InChI=1S/C35H45F2N5O4/c1-4-26-28(37)7-6-22-14-25(43)15-30(31(22)26)40-13-9-27-29(18-40)38-33(39-32(27)41-12-5-10-34(2,44)20-41)46-21-35-11-8-24(19-45-3)42(35)17-23(36)16-35/h6-7,14-15,23-24,43-44H,4-5,8-13,16-21H2,1-3H3/t23-,24?,34?,35?/m1/s1. The number of nitrogens with zero attached hydrogens (tertiary/aromatic N) is 5. The zero-order chi connectivity index (χ0) is 32.2. The zero-order valence-electron chi connectivity index (χ0n) is 27.1. The highest BCUT2D eigenvalue weighted by molar-refractivity contribution is 5.98. The van der Waals surface area contributed by atoms with Gasteiger partial charge in [0.1, 0.15) is 30.2 Å². The Labute approximate surface area is 269 Å². The van der Waals surface area contributed by atoms with Crippen molar-refractivity contribution in [3.8, 4) is 11.8 Å². The van der Waals surface area contributed by atoms with Gasteiger partial charge in [0.05, 0.1) is 30.0 Å². The summed E-state index contributed by atoms with van der Waals surface area (Å²) in [7, 11) is 1.68. The van der Waals surface area contributed by atoms with E-state index in [0.717, 1.165) is 65.8 Å². The third kappa shape index (κ3) is 5.64. The first-order valence-corrected chi connectivity index (χ1v) is 16.7. The van der Waals surface area contributed by atoms with E-state index in [1.165, 1.54) is 6.07 Å². The molecule has 0 saturated carbocycles. The monoisotopic (exact) mass is 637 g/mol. The molecule has 1 aromatic heterocycles. The van der Waals surface area contributed by atoms with Crippen LogP contribution in [0, 0.1) is 5.82 Å². The molecule has 248 valence electrons. The van der Waals surface area contributed by atoms with E-state index < -0.39 is 17.3 Å². The van der Waals surface area contributed by atoms with E-state index in [9.17, 15) is 19.0 Å². The van der Waals surface area contributed by atoms with Gasteiger partial charge in [0.2, 0.25) is 0 Å². The third-order valence-corrected chi connectivity index (χ3v) is 10.6. The molecule has 0 spiro atoms. The largest absolute Gasteiger partial charge is 0.508 e. The lowest BCUT2D eigenvalue weighted by Crippen LogP contribution is -2.48. The number of piperidine rings is 1. The SMILES string of the molecule is CCc1c(F)ccc2cc(O)cc(N3CCc4c(nc(OCC56CCC(COC)N5C[C@H](F)C6)nc4N4CCCC(C)(O)C4)C3)c12. The lowest BCUT2D eigenvalue weighted by Gasteiger charge is -2.40. The second-order valence-corrected chi connectivity index (χ2v) is 14.0. The molecule has 0 amide bonds. The molecule has 11 heteroatoms. The number of rotatable bonds is 8. The number of phenolic OH excluding ortho intramolecular Hbond substituents is 1. The minimum absolute atomic E-state index is 0.125. The highest BCUT2D eigenvalue weighted by atomic mass is 19.1. The summed E-state index contributed by atoms with van der Waals surface area (Å²) in [6.45, 7) is 7.29. The molecule has 0 aliphatic carbocycles. The molecule has 4 aliphatic heterocycles. The molecule has 3 saturated heterocycles. The topological polar surface area (TPSA) is 94.4 Å². The molecule has 2 N–H and O–H groups in total. The average Bonchev–Trinajstić information content (AvgIpc) is 3.52. The van der Waals surface area contributed by atoms with Gasteiger partial charge in [-0.2, -0.15) is 9.97 Å². The number of methoxy groups -OCH3 is 1. The van der Waals surface area contributed by atoms with Gasteiger partial charge in [-0.15, -0.1) is 0 Å². The number of ether oxygens (including phenoxy) is 2. The molecule has 3 unspecified atom stereocenters. The number of phenols is 1. The summed E-state index contributed by atoms with van der Waals surface area (Å²) in [5.74, 6) is 0.639. The molecule has 0 radical (unpaired) electrons. The zero-order valence-corrected chi connectivity index (χ0v) is 27.1. The molecule has 5 heterocycles. The summed E-state index contributed by atoms with van der Waals surface area (Å²) in [6.07, 6.45) is 3.97. The first-order valence-electron chi connectivity index (χ1n) is 16.7. The van der Waals surface area contributed by atoms with Crippen LogP contribution >= 0.6 is 0 Å². The van der Waals surface area contributed by atoms with Crippen molar-refractivity contribution < 1.29 is 28.5 Å². The number of anilines is 2. The van der Waals surface area contributed by atoms with E-state index in [1.54, 1.807) is 25.3 Å². The molecule has 0 bridgehead atoms. The van der Waals surface area contributed by atoms with Gasteiger partial charge in [-0.3, -0.25) is 4.90 Å². The van der Waals surface area contributed by atoms with Crippen molar-refractivity contribution >= 4 is 22.3 Å². The number of hydrogen-bond acceptors (Lipinski definition) is 9. The molecule has 4 atom stereocenters. The van der Waals surface area contributed by atoms with Crippen molar-refractivity contribution in [1.82, 2.24) is 14.9 Å². The van der Waals surface area contributed by atoms with Gasteiger partial charge in [-0.1, -0.05) is 13.0 Å². The van der Waals surface area contributed by atoms with Crippen LogP contribution in [0.25, 0.3) is 10.8 Å². The number of aliphatic hydroxyl groups is 1. The highest BCUT2D eigenvalue weighted by Gasteiger charge is 2.53. The number of aryl methyl sites for hydroxylation is 1. The van der Waals surface area contributed by atoms with Crippen LogP contribution in [0.3, 0.4) is 0 Å². The van der Waals surface area contributed by atoms with Crippen molar-refractivity contribution in [2.75, 3.05) is 56.3 Å². The minimum atomic E-state index is -0.914. The van der Waals surface area contributed by atoms with Crippen LogP contribution in [0.15, 0.2) is 24.3 Å². The van der Waals surface area contributed by atoms with Crippen molar-refractivity contribution in [3.63, 3.8) is 0 Å². The normalized spacial score (nSPS) is 28.1. The Morgan fingerprint density at radius 2 is 1.98 bits per heavy atom. The predicted molar refractivity (Wildman–Crippen MR) is 173 cm³/mol. The summed E-state index contributed by atoms with van der Waals surface area (Å²) in [5, 5.41) is 23.2. The fourth-order valence-electron chi connectivity index (χ4n) is 8.55. The summed E-state index contributed by atoms with van der Waals surface area (Å²) >= 11 is 0. The molecule has 4 aliphatic rings. The maximum absolute atomic E-state index is 15.0. The van der Waals surface area contributed by atoms with Crippen LogP contribution in [-0.4, -0.2) is 94.9 Å². The molecule has 7 rings (SSSR count). The van der Waals surface area contributed by atoms with Gasteiger partial charge in [-0.05, 0) is 68.5 Å². The predicted octanol–water partition coefficient (Wildman–Crippen LogP) is 4.92. The minimum Gasteiger partial charge on any atom is -0.508 e. The molecule has 9 nitrogen and oxygen atoms in total. The number of fused-ring (bicyclic) bond motifs is 3. The number of benzene rings is 2. The smallest absolute Gasteiger partial charge is 0.318 e. The van der Waals surface area contributed by atoms with Crippen LogP contribution in [-0.2, 0) is 24.1 Å². The van der Waals surface area contributed by atoms with E-state index in [4.69, 9.17) is 19.4 Å². The summed E-state index contributed by atoms with van der Waals surface area (Å²) in [6, 6.07) is 6.97. The fraction of sp³-hybridized carbons (Fsp3) is 0.600. The molecule has 46 heavy (non-hydrogen) atoms. The quantitative estimate of drug-likeness (QED) is 0.357. The Morgan fingerprint density at radius 1 is 1.13 bits per heavy atom. The van der Waals surface area contributed by atoms with E-state index >= 15 is 0 Å². The van der Waals surface area contributed by atoms with E-state index in [0.29, 0.717) is 57.6 Å². The Morgan fingerprint density at radius 3 is 2.76 bits per heavy atom. The maximum atomic E-state index is 15.0. The number of halogens is 2. The first kappa shape index (κ1) is 31.3. The highest BCUT2D eigenvalue weighted by Crippen LogP contribution is 2.44. The molecule has 3 aromatic rings. The second-order valence-electron chi connectivity index (χ2n) is 14.0. The summed E-state index contributed by atoms with van der Waals surface area (Å²) in [5.41, 5.74) is 1.94. The molecular weight excluding hydrogens is 592 g/mol. The van der Waals surface area contributed by atoms with Crippen molar-refractivity contribution in [1.29, 1.82) is 0 Å². The maximum Gasteiger partial charge on any atom is 0.318 e. The Hall–Kier alpha value is -3.28. The summed E-state index contributed by atoms with van der Waals surface area (Å²) < 4.78 is 41.7. The van der Waals surface area contributed by atoms with Crippen LogP contribution in [0.4, 0.5) is 20.3 Å². The molecule has 2 aromatic carbocycles. The van der Waals surface area contributed by atoms with E-state index in [1.807, 2.05) is 13.8 Å². The third-order valence-electron chi connectivity index (χ3n) is 10.6. The van der Waals surface area contributed by atoms with Gasteiger partial charge in [0.25, 0.3) is 0 Å². The summed E-state index contributed by atoms with van der Waals surface area (Å²) in [4.78, 5) is 16.4. The van der Waals surface area contributed by atoms with Crippen LogP contribution in [0.5, 0.6) is 11.8 Å². The number of β-amino-alcohol motifs (C(OH)–C–C–N with tert-alkyl or cyclic N) is 1. The number of aromatic hydroxyl groups is 1. The van der Waals surface area contributed by atoms with Gasteiger partial charge in [0, 0.05) is 68.5 Å². The Balaban J connectivity index is 1.25. The average molecular weight is 638 g/mol. The van der Waals surface area contributed by atoms with E-state index in [-0.39, 0.29) is 30.2 Å². The van der Waals surface area contributed by atoms with Crippen molar-refractivity contribution in [2.24, 2.45) is 0 Å². The van der Waals surface area contributed by atoms with Gasteiger partial charge in [-0.25, -0.2) is 8.78 Å². The second kappa shape index (κ2) is 12.1. The van der Waals surface area contributed by atoms with Crippen molar-refractivity contribution in [3.05, 3.63) is 46.9 Å². The fourth-order valence-corrected chi connectivity index (χ4v) is 8.55. The lowest BCUT2D eigenvalue weighted by molar-refractivity contribution is 0.0443. The Kier molecular flexibility index (Phi) is 8.22. The lowest BCUT2D eigenvalue weighted by atomic mass is 9.94. The first-order chi connectivity index (χ1) is 22.1. The number of hydrogen-bond donors (Lipinski definition) is 2. The van der Waals surface area contributed by atoms with Gasteiger partial charge in [0.15, 0.2) is 0 Å². The van der Waals surface area contributed by atoms with Gasteiger partial charge < -0.3 is 29.5 Å². The van der Waals surface area contributed by atoms with Gasteiger partial charge >= 0.3 is 6.01 Å². The van der Waals surface area contributed by atoms with Crippen LogP contribution in [0.1, 0.15) is 62.8 Å². The molecular formula is C35H45F2N5O4. The van der Waals surface area contributed by atoms with Crippen molar-refractivity contribution in [2.45, 2.75) is 88.7 Å². The van der Waals surface area contributed by atoms with Crippen LogP contribution < -0.4 is 14.5 Å². The van der Waals surface area contributed by atoms with Crippen LogP contribution in [0.2, 0.25) is 0 Å². The number of alkyl halides is 1. The van der Waals surface area contributed by atoms with E-state index in [2.05, 4.69) is 14.7 Å².